The van der Waals surface area contributed by atoms with E-state index in [0.717, 1.165) is 11.4 Å². The summed E-state index contributed by atoms with van der Waals surface area (Å²) in [4.78, 5) is 4.51. The molecule has 3 aromatic rings. The number of hydrogen-bond donors (Lipinski definition) is 2. The van der Waals surface area contributed by atoms with Crippen LogP contribution in [0.25, 0.3) is 5.69 Å². The van der Waals surface area contributed by atoms with Crippen LogP contribution in [-0.4, -0.2) is 35.5 Å². The van der Waals surface area contributed by atoms with E-state index in [1.165, 1.54) is 0 Å². The summed E-state index contributed by atoms with van der Waals surface area (Å²) in [7, 11) is 0. The van der Waals surface area contributed by atoms with Crippen LogP contribution in [0.2, 0.25) is 0 Å². The van der Waals surface area contributed by atoms with Crippen LogP contribution in [0.4, 0.5) is 8.78 Å². The van der Waals surface area contributed by atoms with E-state index in [1.54, 1.807) is 29.8 Å². The van der Waals surface area contributed by atoms with Crippen LogP contribution in [0.1, 0.15) is 25.1 Å². The fourth-order valence-corrected chi connectivity index (χ4v) is 3.04. The summed E-state index contributed by atoms with van der Waals surface area (Å²) < 4.78 is 37.8. The summed E-state index contributed by atoms with van der Waals surface area (Å²) >= 11 is 0. The number of halogens is 3. The van der Waals surface area contributed by atoms with Crippen molar-refractivity contribution >= 4 is 29.9 Å². The maximum atomic E-state index is 12.9. The Balaban J connectivity index is 0.00000385. The van der Waals surface area contributed by atoms with E-state index < -0.39 is 6.61 Å². The van der Waals surface area contributed by atoms with Crippen molar-refractivity contribution in [2.24, 2.45) is 4.99 Å². The molecule has 0 radical (unpaired) electrons. The van der Waals surface area contributed by atoms with Gasteiger partial charge in [-0.15, -0.1) is 24.0 Å². The lowest BCUT2D eigenvalue weighted by Crippen LogP contribution is -2.36. The highest BCUT2D eigenvalue weighted by atomic mass is 127. The van der Waals surface area contributed by atoms with Crippen LogP contribution in [0.3, 0.4) is 0 Å². The Morgan fingerprint density at radius 1 is 1.06 bits per heavy atom. The molecule has 0 aliphatic rings. The number of rotatable bonds is 10. The highest BCUT2D eigenvalue weighted by molar-refractivity contribution is 14.0. The summed E-state index contributed by atoms with van der Waals surface area (Å²) in [6.07, 6.45) is 1.89. The van der Waals surface area contributed by atoms with E-state index in [-0.39, 0.29) is 42.0 Å². The van der Waals surface area contributed by atoms with Crippen molar-refractivity contribution in [3.8, 4) is 17.2 Å². The fraction of sp³-hybridized carbons (Fsp3) is 0.304. The van der Waals surface area contributed by atoms with Crippen LogP contribution >= 0.6 is 24.0 Å². The molecule has 0 saturated heterocycles. The Kier molecular flexibility index (Phi) is 10.9. The van der Waals surface area contributed by atoms with Gasteiger partial charge < -0.3 is 20.1 Å². The molecule has 0 spiro atoms. The zero-order valence-corrected chi connectivity index (χ0v) is 20.8. The van der Waals surface area contributed by atoms with Gasteiger partial charge in [0, 0.05) is 18.3 Å². The van der Waals surface area contributed by atoms with Gasteiger partial charge in [0.2, 0.25) is 0 Å². The lowest BCUT2D eigenvalue weighted by atomic mass is 10.2. The molecule has 7 nitrogen and oxygen atoms in total. The molecule has 178 valence electrons. The van der Waals surface area contributed by atoms with E-state index in [2.05, 4.69) is 20.7 Å². The molecule has 3 rings (SSSR count). The number of guanidine groups is 1. The fourth-order valence-electron chi connectivity index (χ4n) is 3.04. The Morgan fingerprint density at radius 3 is 2.55 bits per heavy atom. The zero-order valence-electron chi connectivity index (χ0n) is 18.5. The standard InChI is InChI=1S/C23H27F2N5O2.HI/c1-3-26-23(28-16-18-13-14-30(29-18)19-10-6-5-7-11-19)27-15-17-9-8-12-20(31-4-2)21(17)32-22(24)25;/h5-14,22H,3-4,15-16H2,1-2H3,(H2,26,27,28);1H. The molecule has 1 aromatic heterocycles. The first-order chi connectivity index (χ1) is 15.6. The number of para-hydroxylation sites is 2. The first-order valence-corrected chi connectivity index (χ1v) is 10.4. The molecule has 1 heterocycles. The van der Waals surface area contributed by atoms with Gasteiger partial charge in [0.15, 0.2) is 17.5 Å². The van der Waals surface area contributed by atoms with Gasteiger partial charge in [-0.1, -0.05) is 30.3 Å². The molecule has 0 atom stereocenters. The quantitative estimate of drug-likeness (QED) is 0.209. The third-order valence-electron chi connectivity index (χ3n) is 4.42. The highest BCUT2D eigenvalue weighted by Crippen LogP contribution is 2.33. The van der Waals surface area contributed by atoms with E-state index >= 15 is 0 Å². The molecule has 0 amide bonds. The summed E-state index contributed by atoms with van der Waals surface area (Å²) in [6, 6.07) is 16.8. The molecule has 0 unspecified atom stereocenters. The smallest absolute Gasteiger partial charge is 0.387 e. The van der Waals surface area contributed by atoms with E-state index in [4.69, 9.17) is 9.47 Å². The third kappa shape index (κ3) is 7.88. The summed E-state index contributed by atoms with van der Waals surface area (Å²) in [5, 5.41) is 10.9. The second-order valence-electron chi connectivity index (χ2n) is 6.69. The Bertz CT molecular complexity index is 1020. The minimum atomic E-state index is -2.95. The molecule has 0 saturated carbocycles. The molecule has 10 heteroatoms. The summed E-state index contributed by atoms with van der Waals surface area (Å²) in [5.41, 5.74) is 2.31. The molecule has 0 bridgehead atoms. The number of nitrogens with one attached hydrogen (secondary N) is 2. The van der Waals surface area contributed by atoms with E-state index in [1.807, 2.05) is 49.5 Å². The Morgan fingerprint density at radius 2 is 1.85 bits per heavy atom. The van der Waals surface area contributed by atoms with Gasteiger partial charge in [0.25, 0.3) is 0 Å². The average Bonchev–Trinajstić information content (AvgIpc) is 3.27. The summed E-state index contributed by atoms with van der Waals surface area (Å²) in [6.45, 7) is 2.34. The topological polar surface area (TPSA) is 72.7 Å². The molecule has 2 aromatic carbocycles. The second-order valence-corrected chi connectivity index (χ2v) is 6.69. The van der Waals surface area contributed by atoms with Crippen molar-refractivity contribution in [3.63, 3.8) is 0 Å². The summed E-state index contributed by atoms with van der Waals surface area (Å²) in [5.74, 6) is 0.807. The van der Waals surface area contributed by atoms with Crippen LogP contribution in [-0.2, 0) is 13.1 Å². The Labute approximate surface area is 209 Å². The van der Waals surface area contributed by atoms with Gasteiger partial charge in [-0.2, -0.15) is 13.9 Å². The van der Waals surface area contributed by atoms with Gasteiger partial charge in [0.1, 0.15) is 0 Å². The number of nitrogens with zero attached hydrogens (tertiary/aromatic N) is 3. The lowest BCUT2D eigenvalue weighted by molar-refractivity contribution is -0.0520. The van der Waals surface area contributed by atoms with Crippen molar-refractivity contribution in [2.45, 2.75) is 33.5 Å². The molecule has 0 fully saturated rings. The van der Waals surface area contributed by atoms with Crippen LogP contribution < -0.4 is 20.1 Å². The van der Waals surface area contributed by atoms with Crippen molar-refractivity contribution in [1.29, 1.82) is 0 Å². The molecular formula is C23H28F2IN5O2. The predicted molar refractivity (Wildman–Crippen MR) is 135 cm³/mol. The number of benzene rings is 2. The second kappa shape index (κ2) is 13.6. The zero-order chi connectivity index (χ0) is 22.8. The van der Waals surface area contributed by atoms with Gasteiger partial charge in [-0.3, -0.25) is 0 Å². The first-order valence-electron chi connectivity index (χ1n) is 10.4. The molecule has 0 aliphatic carbocycles. The normalized spacial score (nSPS) is 11.1. The van der Waals surface area contributed by atoms with Crippen molar-refractivity contribution in [1.82, 2.24) is 20.4 Å². The monoisotopic (exact) mass is 571 g/mol. The average molecular weight is 571 g/mol. The maximum Gasteiger partial charge on any atom is 0.387 e. The highest BCUT2D eigenvalue weighted by Gasteiger charge is 2.15. The molecule has 0 aliphatic heterocycles. The number of hydrogen-bond acceptors (Lipinski definition) is 4. The Hall–Kier alpha value is -2.89. The maximum absolute atomic E-state index is 12.9. The predicted octanol–water partition coefficient (Wildman–Crippen LogP) is 4.75. The first kappa shape index (κ1) is 26.4. The van der Waals surface area contributed by atoms with E-state index in [0.29, 0.717) is 31.2 Å². The van der Waals surface area contributed by atoms with Gasteiger partial charge in [0.05, 0.1) is 31.1 Å². The van der Waals surface area contributed by atoms with Crippen LogP contribution in [0.15, 0.2) is 65.8 Å². The van der Waals surface area contributed by atoms with Crippen LogP contribution in [0.5, 0.6) is 11.5 Å². The van der Waals surface area contributed by atoms with Crippen molar-refractivity contribution < 1.29 is 18.3 Å². The van der Waals surface area contributed by atoms with Gasteiger partial charge >= 0.3 is 6.61 Å². The van der Waals surface area contributed by atoms with Gasteiger partial charge in [-0.05, 0) is 38.1 Å². The van der Waals surface area contributed by atoms with Crippen molar-refractivity contribution in [3.05, 3.63) is 72.1 Å². The van der Waals surface area contributed by atoms with Crippen LogP contribution in [0, 0.1) is 0 Å². The van der Waals surface area contributed by atoms with E-state index in [9.17, 15) is 8.78 Å². The molecule has 33 heavy (non-hydrogen) atoms. The third-order valence-corrected chi connectivity index (χ3v) is 4.42. The number of aliphatic imine (C=N–C) groups is 1. The molecular weight excluding hydrogens is 543 g/mol. The SMILES string of the molecule is CCNC(=NCc1cccc(OCC)c1OC(F)F)NCc1ccn(-c2ccccc2)n1.I. The van der Waals surface area contributed by atoms with Crippen molar-refractivity contribution in [2.75, 3.05) is 13.2 Å². The lowest BCUT2D eigenvalue weighted by Gasteiger charge is -2.15. The van der Waals surface area contributed by atoms with Gasteiger partial charge in [-0.25, -0.2) is 9.67 Å². The minimum Gasteiger partial charge on any atom is -0.490 e. The minimum absolute atomic E-state index is 0. The number of ether oxygens (including phenoxy) is 2. The number of alkyl halides is 2. The molecule has 2 N–H and O–H groups in total. The largest absolute Gasteiger partial charge is 0.490 e. The number of aromatic nitrogens is 2.